The molecular weight excluding hydrogens is 393 g/mol. The zero-order valence-electron chi connectivity index (χ0n) is 13.9. The van der Waals surface area contributed by atoms with Crippen LogP contribution in [0.25, 0.3) is 0 Å². The van der Waals surface area contributed by atoms with E-state index < -0.39 is 47.3 Å². The quantitative estimate of drug-likeness (QED) is 0.321. The first-order valence-electron chi connectivity index (χ1n) is 6.90. The Bertz CT molecular complexity index is 943. The molecule has 0 aliphatic carbocycles. The van der Waals surface area contributed by atoms with Gasteiger partial charge in [0.15, 0.2) is 11.5 Å². The van der Waals surface area contributed by atoms with Gasteiger partial charge >= 0.3 is 5.97 Å². The van der Waals surface area contributed by atoms with Crippen LogP contribution >= 0.6 is 0 Å². The number of carbonyl (C=O) groups is 1. The highest BCUT2D eigenvalue weighted by molar-refractivity contribution is 7.93. The second-order valence-corrected chi connectivity index (χ2v) is 7.50. The number of hydrogen-bond acceptors (Lipinski definition) is 7. The summed E-state index contributed by atoms with van der Waals surface area (Å²) in [6.07, 6.45) is 1.95. The number of carbonyl (C=O) groups excluding carboxylic acids is 1. The molecule has 0 aliphatic rings. The number of pyridine rings is 1. The Morgan fingerprint density at radius 3 is 2.23 bits per heavy atom. The van der Waals surface area contributed by atoms with Crippen LogP contribution in [0.2, 0.25) is 0 Å². The molecule has 1 heterocycles. The van der Waals surface area contributed by atoms with Crippen molar-refractivity contribution in [3.8, 4) is 0 Å². The Morgan fingerprint density at radius 2 is 1.73 bits per heavy atom. The van der Waals surface area contributed by atoms with E-state index in [0.717, 1.165) is 6.34 Å². The molecule has 0 unspecified atom stereocenters. The summed E-state index contributed by atoms with van der Waals surface area (Å²) in [6.45, 7) is 1.31. The molecular formula is C12H16FN5O6S2. The molecule has 0 atom stereocenters. The molecule has 0 saturated carbocycles. The van der Waals surface area contributed by atoms with Crippen LogP contribution in [0.3, 0.4) is 0 Å². The monoisotopic (exact) mass is 409 g/mol. The second kappa shape index (κ2) is 8.66. The maximum absolute atomic E-state index is 14.7. The third-order valence-corrected chi connectivity index (χ3v) is 5.26. The van der Waals surface area contributed by atoms with Crippen molar-refractivity contribution in [1.29, 1.82) is 0 Å². The number of hydrogen-bond donors (Lipinski definition) is 2. The van der Waals surface area contributed by atoms with Gasteiger partial charge in [-0.2, -0.15) is 16.8 Å². The Morgan fingerprint density at radius 1 is 1.19 bits per heavy atom. The molecule has 0 aliphatic heterocycles. The topological polar surface area (TPSA) is 156 Å². The van der Waals surface area contributed by atoms with Crippen molar-refractivity contribution in [2.75, 3.05) is 20.7 Å². The number of nitrogens with one attached hydrogen (secondary N) is 2. The minimum atomic E-state index is -4.85. The highest BCUT2D eigenvalue weighted by Crippen LogP contribution is 2.28. The molecule has 2 N–H and O–H groups in total. The van der Waals surface area contributed by atoms with E-state index in [0.29, 0.717) is 12.5 Å². The van der Waals surface area contributed by atoms with Gasteiger partial charge in [0, 0.05) is 14.1 Å². The SMILES string of the molecule is CCOC(=O)c1ncc(S(=O)(=O)N=CNC)c(S(=O)(=O)/N=C/NC)c1F. The van der Waals surface area contributed by atoms with Crippen LogP contribution in [0.5, 0.6) is 0 Å². The first kappa shape index (κ1) is 21.4. The molecule has 0 saturated heterocycles. The average Bonchev–Trinajstić information content (AvgIpc) is 2.57. The van der Waals surface area contributed by atoms with Crippen LogP contribution < -0.4 is 10.6 Å². The van der Waals surface area contributed by atoms with Gasteiger partial charge in [0.25, 0.3) is 20.0 Å². The van der Waals surface area contributed by atoms with Crippen LogP contribution in [0.4, 0.5) is 4.39 Å². The smallest absolute Gasteiger partial charge is 0.360 e. The fraction of sp³-hybridized carbons (Fsp3) is 0.333. The van der Waals surface area contributed by atoms with Crippen LogP contribution in [0.15, 0.2) is 24.8 Å². The molecule has 1 aromatic rings. The largest absolute Gasteiger partial charge is 0.461 e. The summed E-state index contributed by atoms with van der Waals surface area (Å²) in [4.78, 5) is 12.7. The highest BCUT2D eigenvalue weighted by Gasteiger charge is 2.34. The Kier molecular flexibility index (Phi) is 7.14. The fourth-order valence-corrected chi connectivity index (χ4v) is 4.05. The van der Waals surface area contributed by atoms with Crippen LogP contribution in [0, 0.1) is 5.82 Å². The van der Waals surface area contributed by atoms with Crippen molar-refractivity contribution in [2.24, 2.45) is 8.80 Å². The zero-order chi connectivity index (χ0) is 20.0. The van der Waals surface area contributed by atoms with E-state index in [-0.39, 0.29) is 6.61 Å². The van der Waals surface area contributed by atoms with Gasteiger partial charge in [0.1, 0.15) is 22.5 Å². The Balaban J connectivity index is 3.84. The van der Waals surface area contributed by atoms with Gasteiger partial charge in [0.2, 0.25) is 0 Å². The van der Waals surface area contributed by atoms with Gasteiger partial charge in [-0.1, -0.05) is 0 Å². The van der Waals surface area contributed by atoms with Crippen LogP contribution in [-0.2, 0) is 24.8 Å². The summed E-state index contributed by atoms with van der Waals surface area (Å²) >= 11 is 0. The third-order valence-electron chi connectivity index (χ3n) is 2.59. The third kappa shape index (κ3) is 4.72. The van der Waals surface area contributed by atoms with E-state index in [1.807, 2.05) is 0 Å². The molecule has 0 fully saturated rings. The number of aromatic nitrogens is 1. The predicted molar refractivity (Wildman–Crippen MR) is 89.6 cm³/mol. The lowest BCUT2D eigenvalue weighted by Crippen LogP contribution is -2.18. The summed E-state index contributed by atoms with van der Waals surface area (Å²) in [7, 11) is -6.85. The lowest BCUT2D eigenvalue weighted by molar-refractivity contribution is 0.0512. The van der Waals surface area contributed by atoms with Gasteiger partial charge < -0.3 is 15.4 Å². The molecule has 0 spiro atoms. The first-order valence-corrected chi connectivity index (χ1v) is 9.78. The number of nitrogens with zero attached hydrogens (tertiary/aromatic N) is 3. The van der Waals surface area contributed by atoms with Crippen molar-refractivity contribution in [2.45, 2.75) is 16.7 Å². The summed E-state index contributed by atoms with van der Waals surface area (Å²) in [6, 6.07) is 0. The Hall–Kier alpha value is -2.61. The second-order valence-electron chi connectivity index (χ2n) is 4.33. The van der Waals surface area contributed by atoms with Gasteiger partial charge in [0.05, 0.1) is 12.8 Å². The summed E-state index contributed by atoms with van der Waals surface area (Å²) < 4.78 is 74.5. The van der Waals surface area contributed by atoms with Crippen LogP contribution in [-0.4, -0.2) is 61.2 Å². The van der Waals surface area contributed by atoms with E-state index in [4.69, 9.17) is 0 Å². The molecule has 144 valence electrons. The predicted octanol–water partition coefficient (Wildman–Crippen LogP) is -0.730. The molecule has 1 rings (SSSR count). The van der Waals surface area contributed by atoms with E-state index in [9.17, 15) is 26.0 Å². The zero-order valence-corrected chi connectivity index (χ0v) is 15.6. The lowest BCUT2D eigenvalue weighted by Gasteiger charge is -2.10. The number of rotatable bonds is 8. The molecule has 11 nitrogen and oxygen atoms in total. The minimum Gasteiger partial charge on any atom is -0.461 e. The molecule has 1 aromatic heterocycles. The van der Waals surface area contributed by atoms with Crippen molar-refractivity contribution < 1.29 is 30.8 Å². The number of halogens is 1. The Labute approximate surface area is 149 Å². The van der Waals surface area contributed by atoms with Gasteiger partial charge in [-0.05, 0) is 6.92 Å². The van der Waals surface area contributed by atoms with Gasteiger partial charge in [-0.15, -0.1) is 8.80 Å². The van der Waals surface area contributed by atoms with E-state index >= 15 is 0 Å². The number of sulfonamides is 2. The van der Waals surface area contributed by atoms with Crippen molar-refractivity contribution in [1.82, 2.24) is 15.6 Å². The molecule has 26 heavy (non-hydrogen) atoms. The molecule has 0 aromatic carbocycles. The number of esters is 1. The van der Waals surface area contributed by atoms with Crippen molar-refractivity contribution >= 4 is 38.7 Å². The van der Waals surface area contributed by atoms with E-state index in [2.05, 4.69) is 29.1 Å². The molecule has 14 heteroatoms. The van der Waals surface area contributed by atoms with Crippen molar-refractivity contribution in [3.05, 3.63) is 17.7 Å². The fourth-order valence-electron chi connectivity index (χ4n) is 1.57. The summed E-state index contributed by atoms with van der Waals surface area (Å²) in [5, 5.41) is 4.57. The van der Waals surface area contributed by atoms with Crippen LogP contribution in [0.1, 0.15) is 17.4 Å². The van der Waals surface area contributed by atoms with Gasteiger partial charge in [-0.3, -0.25) is 0 Å². The maximum Gasteiger partial charge on any atom is 0.360 e. The first-order chi connectivity index (χ1) is 12.1. The van der Waals surface area contributed by atoms with Gasteiger partial charge in [-0.25, -0.2) is 14.2 Å². The normalized spacial score (nSPS) is 12.5. The molecule has 0 bridgehead atoms. The minimum absolute atomic E-state index is 0.132. The standard InChI is InChI=1S/C12H16FN5O6S2/c1-4-24-12(19)10-9(13)11(26(22,23)18-7-15-3)8(5-16-10)25(20,21)17-6-14-2/h5-7H,4H2,1-3H3,(H,14,17)(H,15,18). The molecule has 0 radical (unpaired) electrons. The van der Waals surface area contributed by atoms with Crippen molar-refractivity contribution in [3.63, 3.8) is 0 Å². The molecule has 0 amide bonds. The summed E-state index contributed by atoms with van der Waals surface area (Å²) in [5.41, 5.74) is -0.998. The van der Waals surface area contributed by atoms with E-state index in [1.165, 1.54) is 21.0 Å². The summed E-state index contributed by atoms with van der Waals surface area (Å²) in [5.74, 6) is -2.97. The lowest BCUT2D eigenvalue weighted by atomic mass is 10.3. The number of ether oxygens (including phenoxy) is 1. The van der Waals surface area contributed by atoms with E-state index in [1.54, 1.807) is 0 Å². The average molecular weight is 409 g/mol. The maximum atomic E-state index is 14.7. The highest BCUT2D eigenvalue weighted by atomic mass is 32.2.